The smallest absolute Gasteiger partial charge is 0.248 e. The van der Waals surface area contributed by atoms with E-state index in [9.17, 15) is 9.18 Å². The third-order valence-electron chi connectivity index (χ3n) is 6.47. The molecule has 0 aliphatic carbocycles. The Kier molecular flexibility index (Phi) is 8.13. The van der Waals surface area contributed by atoms with Gasteiger partial charge in [0.25, 0.3) is 0 Å². The lowest BCUT2D eigenvalue weighted by molar-refractivity contribution is -0.111. The molecule has 1 aliphatic heterocycles. The Bertz CT molecular complexity index is 1440. The molecule has 5 rings (SSSR count). The van der Waals surface area contributed by atoms with Crippen molar-refractivity contribution in [1.29, 1.82) is 0 Å². The molecular formula is C30H26Cl2FN3O2. The van der Waals surface area contributed by atoms with Crippen molar-refractivity contribution in [3.63, 3.8) is 0 Å². The van der Waals surface area contributed by atoms with Crippen LogP contribution in [0.15, 0.2) is 89.4 Å². The molecule has 3 aromatic carbocycles. The van der Waals surface area contributed by atoms with Crippen LogP contribution in [-0.2, 0) is 11.3 Å². The molecule has 1 amide bonds. The Labute approximate surface area is 231 Å². The van der Waals surface area contributed by atoms with E-state index in [2.05, 4.69) is 15.1 Å². The zero-order chi connectivity index (χ0) is 26.5. The van der Waals surface area contributed by atoms with Gasteiger partial charge in [-0.15, -0.1) is 0 Å². The first-order valence-corrected chi connectivity index (χ1v) is 13.1. The Morgan fingerprint density at radius 3 is 2.45 bits per heavy atom. The van der Waals surface area contributed by atoms with Crippen LogP contribution in [-0.4, -0.2) is 37.0 Å². The van der Waals surface area contributed by atoms with Crippen molar-refractivity contribution in [3.8, 4) is 11.3 Å². The van der Waals surface area contributed by atoms with Crippen molar-refractivity contribution in [3.05, 3.63) is 112 Å². The number of carbonyl (C=O) groups excluding carboxylic acids is 1. The number of rotatable bonds is 7. The van der Waals surface area contributed by atoms with Crippen LogP contribution in [0.2, 0.25) is 10.0 Å². The van der Waals surface area contributed by atoms with Crippen LogP contribution < -0.4 is 10.2 Å². The second-order valence-electron chi connectivity index (χ2n) is 9.03. The van der Waals surface area contributed by atoms with Gasteiger partial charge in [0.1, 0.15) is 17.3 Å². The fourth-order valence-corrected chi connectivity index (χ4v) is 4.80. The van der Waals surface area contributed by atoms with Gasteiger partial charge in [0.2, 0.25) is 5.91 Å². The van der Waals surface area contributed by atoms with Crippen molar-refractivity contribution in [2.24, 2.45) is 0 Å². The Morgan fingerprint density at radius 1 is 0.921 bits per heavy atom. The Hall–Kier alpha value is -3.58. The molecule has 1 saturated heterocycles. The van der Waals surface area contributed by atoms with E-state index in [1.807, 2.05) is 42.5 Å². The molecule has 0 saturated carbocycles. The van der Waals surface area contributed by atoms with Crippen LogP contribution in [0.5, 0.6) is 0 Å². The first kappa shape index (κ1) is 26.0. The first-order chi connectivity index (χ1) is 18.5. The summed E-state index contributed by atoms with van der Waals surface area (Å²) in [6.07, 6.45) is 3.03. The predicted octanol–water partition coefficient (Wildman–Crippen LogP) is 7.37. The lowest BCUT2D eigenvalue weighted by Gasteiger charge is -2.36. The number of hydrogen-bond acceptors (Lipinski definition) is 4. The van der Waals surface area contributed by atoms with Crippen LogP contribution in [0.1, 0.15) is 11.3 Å². The highest BCUT2D eigenvalue weighted by Gasteiger charge is 2.18. The summed E-state index contributed by atoms with van der Waals surface area (Å²) in [5, 5.41) is 3.74. The highest BCUT2D eigenvalue weighted by Crippen LogP contribution is 2.34. The average molecular weight is 550 g/mol. The molecule has 0 spiro atoms. The molecule has 38 heavy (non-hydrogen) atoms. The molecule has 194 valence electrons. The highest BCUT2D eigenvalue weighted by molar-refractivity contribution is 6.43. The largest absolute Gasteiger partial charge is 0.457 e. The van der Waals surface area contributed by atoms with Crippen LogP contribution in [0.4, 0.5) is 15.8 Å². The SMILES string of the molecule is O=C(/C=C/c1ccc(-c2cccc(Cl)c2Cl)o1)Nc1ccc(N2CCN(Cc3ccccc3F)CC2)cc1. The summed E-state index contributed by atoms with van der Waals surface area (Å²) >= 11 is 12.4. The quantitative estimate of drug-likeness (QED) is 0.244. The van der Waals surface area contributed by atoms with Crippen LogP contribution in [0.25, 0.3) is 17.4 Å². The number of piperazine rings is 1. The fraction of sp³-hybridized carbons (Fsp3) is 0.167. The van der Waals surface area contributed by atoms with Crippen molar-refractivity contribution < 1.29 is 13.6 Å². The summed E-state index contributed by atoms with van der Waals surface area (Å²) < 4.78 is 19.8. The minimum atomic E-state index is -0.266. The van der Waals surface area contributed by atoms with Crippen molar-refractivity contribution >= 4 is 46.6 Å². The predicted molar refractivity (Wildman–Crippen MR) is 152 cm³/mol. The van der Waals surface area contributed by atoms with Gasteiger partial charge in [0.15, 0.2) is 0 Å². The van der Waals surface area contributed by atoms with E-state index in [-0.39, 0.29) is 11.7 Å². The molecule has 1 fully saturated rings. The van der Waals surface area contributed by atoms with E-state index in [1.165, 1.54) is 12.1 Å². The Morgan fingerprint density at radius 2 is 1.68 bits per heavy atom. The average Bonchev–Trinajstić information content (AvgIpc) is 3.40. The summed E-state index contributed by atoms with van der Waals surface area (Å²) in [6.45, 7) is 4.04. The number of nitrogens with zero attached hydrogens (tertiary/aromatic N) is 2. The molecule has 0 bridgehead atoms. The molecule has 0 radical (unpaired) electrons. The molecule has 2 heterocycles. The number of benzene rings is 3. The lowest BCUT2D eigenvalue weighted by atomic mass is 10.1. The van der Waals surface area contributed by atoms with Gasteiger partial charge in [-0.25, -0.2) is 4.39 Å². The summed E-state index contributed by atoms with van der Waals surface area (Å²) in [6, 6.07) is 23.6. The minimum absolute atomic E-state index is 0.154. The molecule has 1 aliphatic rings. The third kappa shape index (κ3) is 6.27. The van der Waals surface area contributed by atoms with Gasteiger partial charge in [0, 0.05) is 61.3 Å². The van der Waals surface area contributed by atoms with Gasteiger partial charge in [-0.3, -0.25) is 9.69 Å². The summed E-state index contributed by atoms with van der Waals surface area (Å²) in [5.74, 6) is 0.675. The number of nitrogens with one attached hydrogen (secondary N) is 1. The topological polar surface area (TPSA) is 48.7 Å². The van der Waals surface area contributed by atoms with E-state index in [1.54, 1.807) is 36.4 Å². The number of hydrogen-bond donors (Lipinski definition) is 1. The van der Waals surface area contributed by atoms with Crippen LogP contribution >= 0.6 is 23.2 Å². The lowest BCUT2D eigenvalue weighted by Crippen LogP contribution is -2.46. The molecule has 1 aromatic heterocycles. The van der Waals surface area contributed by atoms with Gasteiger partial charge in [0.05, 0.1) is 10.0 Å². The van der Waals surface area contributed by atoms with Gasteiger partial charge < -0.3 is 14.6 Å². The molecule has 0 atom stereocenters. The number of amides is 1. The van der Waals surface area contributed by atoms with Crippen molar-refractivity contribution in [2.75, 3.05) is 36.4 Å². The van der Waals surface area contributed by atoms with E-state index in [0.717, 1.165) is 37.4 Å². The van der Waals surface area contributed by atoms with E-state index >= 15 is 0 Å². The molecule has 4 aromatic rings. The monoisotopic (exact) mass is 549 g/mol. The Balaban J connectivity index is 1.12. The fourth-order valence-electron chi connectivity index (χ4n) is 4.41. The van der Waals surface area contributed by atoms with Crippen molar-refractivity contribution in [2.45, 2.75) is 6.54 Å². The highest BCUT2D eigenvalue weighted by atomic mass is 35.5. The molecular weight excluding hydrogens is 524 g/mol. The maximum absolute atomic E-state index is 14.0. The normalized spacial score (nSPS) is 14.2. The molecule has 0 unspecified atom stereocenters. The zero-order valence-corrected chi connectivity index (χ0v) is 22.1. The minimum Gasteiger partial charge on any atom is -0.457 e. The van der Waals surface area contributed by atoms with Crippen molar-refractivity contribution in [1.82, 2.24) is 4.90 Å². The maximum atomic E-state index is 14.0. The third-order valence-corrected chi connectivity index (χ3v) is 7.29. The zero-order valence-electron chi connectivity index (χ0n) is 20.5. The van der Waals surface area contributed by atoms with E-state index in [0.29, 0.717) is 39.4 Å². The standard InChI is InChI=1S/C30H26Cl2FN3O2/c31-26-6-3-5-25(30(26)32)28-14-12-24(38-28)13-15-29(37)34-22-8-10-23(11-9-22)36-18-16-35(17-19-36)20-21-4-1-2-7-27(21)33/h1-15H,16-20H2,(H,34,37)/b15-13+. The molecule has 5 nitrogen and oxygen atoms in total. The van der Waals surface area contributed by atoms with Gasteiger partial charge in [-0.2, -0.15) is 0 Å². The van der Waals surface area contributed by atoms with Gasteiger partial charge in [-0.05, 0) is 60.7 Å². The number of carbonyl (C=O) groups is 1. The maximum Gasteiger partial charge on any atom is 0.248 e. The van der Waals surface area contributed by atoms with E-state index < -0.39 is 0 Å². The second-order valence-corrected chi connectivity index (χ2v) is 9.81. The number of anilines is 2. The molecule has 1 N–H and O–H groups in total. The summed E-state index contributed by atoms with van der Waals surface area (Å²) in [5.41, 5.74) is 3.21. The van der Waals surface area contributed by atoms with Gasteiger partial charge >= 0.3 is 0 Å². The number of furan rings is 1. The number of halogens is 3. The molecule has 8 heteroatoms. The van der Waals surface area contributed by atoms with E-state index in [4.69, 9.17) is 27.6 Å². The summed E-state index contributed by atoms with van der Waals surface area (Å²) in [4.78, 5) is 17.0. The summed E-state index contributed by atoms with van der Waals surface area (Å²) in [7, 11) is 0. The second kappa shape index (κ2) is 11.9. The first-order valence-electron chi connectivity index (χ1n) is 12.3. The van der Waals surface area contributed by atoms with Gasteiger partial charge in [-0.1, -0.05) is 47.5 Å². The van der Waals surface area contributed by atoms with Crippen LogP contribution in [0.3, 0.4) is 0 Å². The van der Waals surface area contributed by atoms with Crippen LogP contribution in [0, 0.1) is 5.82 Å².